The summed E-state index contributed by atoms with van der Waals surface area (Å²) in [6, 6.07) is 6.02. The fraction of sp³-hybridized carbons (Fsp3) is 0.615. The van der Waals surface area contributed by atoms with Gasteiger partial charge in [0.2, 0.25) is 5.91 Å². The van der Waals surface area contributed by atoms with Crippen molar-refractivity contribution in [3.8, 4) is 5.75 Å². The molecule has 0 aromatic heterocycles. The molecule has 0 bridgehead atoms. The maximum absolute atomic E-state index is 13.0. The first kappa shape index (κ1) is 22.4. The van der Waals surface area contributed by atoms with E-state index in [4.69, 9.17) is 9.47 Å². The lowest BCUT2D eigenvalue weighted by molar-refractivity contribution is -0.126. The van der Waals surface area contributed by atoms with E-state index in [0.29, 0.717) is 43.1 Å². The zero-order valence-corrected chi connectivity index (χ0v) is 19.5. The predicted octanol–water partition coefficient (Wildman–Crippen LogP) is 3.28. The Morgan fingerprint density at radius 2 is 1.79 bits per heavy atom. The lowest BCUT2D eigenvalue weighted by Gasteiger charge is -2.35. The molecule has 5 rings (SSSR count). The maximum Gasteiger partial charge on any atom is 0.255 e. The van der Waals surface area contributed by atoms with Crippen molar-refractivity contribution in [1.82, 2.24) is 15.5 Å². The van der Waals surface area contributed by atoms with E-state index in [9.17, 15) is 9.59 Å². The molecule has 4 aliphatic rings. The molecule has 1 aromatic rings. The van der Waals surface area contributed by atoms with Gasteiger partial charge in [-0.25, -0.2) is 0 Å². The summed E-state index contributed by atoms with van der Waals surface area (Å²) in [6.45, 7) is 4.28. The van der Waals surface area contributed by atoms with Crippen molar-refractivity contribution in [2.75, 3.05) is 7.11 Å². The van der Waals surface area contributed by atoms with Crippen LogP contribution in [0.5, 0.6) is 5.75 Å². The number of rotatable bonds is 6. The summed E-state index contributed by atoms with van der Waals surface area (Å²) in [5, 5.41) is 6.64. The quantitative estimate of drug-likeness (QED) is 0.691. The molecule has 2 amide bonds. The summed E-state index contributed by atoms with van der Waals surface area (Å²) >= 11 is 0. The molecule has 1 aromatic carbocycles. The Labute approximate surface area is 195 Å². The van der Waals surface area contributed by atoms with E-state index >= 15 is 0 Å². The summed E-state index contributed by atoms with van der Waals surface area (Å²) in [6.07, 6.45) is 9.71. The number of benzene rings is 1. The number of carbonyl (C=O) groups excluding carboxylic acids is 2. The molecule has 5 atom stereocenters. The van der Waals surface area contributed by atoms with E-state index in [0.717, 1.165) is 42.7 Å². The highest BCUT2D eigenvalue weighted by Gasteiger charge is 2.39. The number of hydrogen-bond donors (Lipinski definition) is 2. The van der Waals surface area contributed by atoms with Crippen molar-refractivity contribution in [2.45, 2.75) is 94.7 Å². The Bertz CT molecular complexity index is 932. The van der Waals surface area contributed by atoms with E-state index in [-0.39, 0.29) is 17.9 Å². The average Bonchev–Trinajstić information content (AvgIpc) is 3.39. The smallest absolute Gasteiger partial charge is 0.255 e. The first-order chi connectivity index (χ1) is 16.0. The monoisotopic (exact) mass is 453 g/mol. The largest absolute Gasteiger partial charge is 0.489 e. The van der Waals surface area contributed by atoms with Crippen LogP contribution in [-0.4, -0.2) is 54.2 Å². The molecule has 0 radical (unpaired) electrons. The number of nitrogens with one attached hydrogen (secondary N) is 2. The molecule has 33 heavy (non-hydrogen) atoms. The van der Waals surface area contributed by atoms with Crippen molar-refractivity contribution in [3.05, 3.63) is 41.6 Å². The molecule has 1 saturated heterocycles. The second-order valence-electron chi connectivity index (χ2n) is 9.92. The Hall–Kier alpha value is -2.38. The Balaban J connectivity index is 1.26. The summed E-state index contributed by atoms with van der Waals surface area (Å²) in [5.74, 6) is 0.591. The van der Waals surface area contributed by atoms with E-state index in [1.165, 1.54) is 19.3 Å². The minimum Gasteiger partial charge on any atom is -0.489 e. The van der Waals surface area contributed by atoms with Crippen LogP contribution in [-0.2, 0) is 16.1 Å². The molecule has 2 aliphatic heterocycles. The van der Waals surface area contributed by atoms with Gasteiger partial charge in [0.05, 0.1) is 6.10 Å². The van der Waals surface area contributed by atoms with Crippen LogP contribution >= 0.6 is 0 Å². The number of ether oxygens (including phenoxy) is 2. The first-order valence-electron chi connectivity index (χ1n) is 12.4. The van der Waals surface area contributed by atoms with E-state index in [2.05, 4.69) is 17.2 Å². The Morgan fingerprint density at radius 1 is 1.03 bits per heavy atom. The van der Waals surface area contributed by atoms with Crippen LogP contribution in [0.1, 0.15) is 73.7 Å². The zero-order chi connectivity index (χ0) is 22.9. The van der Waals surface area contributed by atoms with Crippen LogP contribution in [0.25, 0.3) is 0 Å². The van der Waals surface area contributed by atoms with Gasteiger partial charge in [0.25, 0.3) is 5.91 Å². The fourth-order valence-corrected chi connectivity index (χ4v) is 5.98. The van der Waals surface area contributed by atoms with Gasteiger partial charge < -0.3 is 25.0 Å². The highest BCUT2D eigenvalue weighted by atomic mass is 16.5. The molecule has 7 nitrogen and oxygen atoms in total. The van der Waals surface area contributed by atoms with Gasteiger partial charge in [0.15, 0.2) is 0 Å². The molecule has 1 unspecified atom stereocenters. The summed E-state index contributed by atoms with van der Waals surface area (Å²) in [4.78, 5) is 27.1. The van der Waals surface area contributed by atoms with Gasteiger partial charge >= 0.3 is 0 Å². The Morgan fingerprint density at radius 3 is 2.61 bits per heavy atom. The molecule has 2 aliphatic carbocycles. The highest BCUT2D eigenvalue weighted by molar-refractivity contribution is 6.01. The second kappa shape index (κ2) is 9.47. The van der Waals surface area contributed by atoms with Gasteiger partial charge in [0.1, 0.15) is 17.9 Å². The van der Waals surface area contributed by atoms with Gasteiger partial charge in [-0.15, -0.1) is 0 Å². The van der Waals surface area contributed by atoms with Crippen LogP contribution in [0, 0.1) is 0 Å². The minimum absolute atomic E-state index is 0.0757. The number of amides is 2. The number of piperidine rings is 1. The third-order valence-electron chi connectivity index (χ3n) is 7.78. The molecule has 0 spiro atoms. The fourth-order valence-electron chi connectivity index (χ4n) is 5.98. The third kappa shape index (κ3) is 4.53. The van der Waals surface area contributed by atoms with Gasteiger partial charge in [-0.3, -0.25) is 9.59 Å². The number of carbonyl (C=O) groups is 2. The lowest BCUT2D eigenvalue weighted by Crippen LogP contribution is -2.51. The van der Waals surface area contributed by atoms with Gasteiger partial charge in [-0.2, -0.15) is 0 Å². The lowest BCUT2D eigenvalue weighted by atomic mass is 9.91. The number of hydrogen-bond acceptors (Lipinski definition) is 5. The number of allylic oxidation sites excluding steroid dienone is 1. The zero-order valence-electron chi connectivity index (χ0n) is 19.5. The standard InChI is InChI=1S/C26H35N3O4/c1-16-10-13-22(25(30)27-16)29-15-17-14-18(11-12-19(17)26(29)31)33-24-8-4-3-6-21(24)28-20-7-5-9-23(20)32-2/h11-12,14,20-24,28H,1,3-10,13,15H2,2H3,(H,27,30)/t20-,21+,22?,23-,24+/m0/s1. The highest BCUT2D eigenvalue weighted by Crippen LogP contribution is 2.33. The maximum atomic E-state index is 13.0. The normalized spacial score (nSPS) is 32.1. The van der Waals surface area contributed by atoms with Gasteiger partial charge in [-0.05, 0) is 75.1 Å². The number of fused-ring (bicyclic) bond motifs is 1. The Kier molecular flexibility index (Phi) is 6.43. The van der Waals surface area contributed by atoms with Gasteiger partial charge in [0, 0.05) is 37.0 Å². The topological polar surface area (TPSA) is 79.9 Å². The van der Waals surface area contributed by atoms with Crippen molar-refractivity contribution < 1.29 is 19.1 Å². The van der Waals surface area contributed by atoms with E-state index < -0.39 is 6.04 Å². The molecule has 2 saturated carbocycles. The predicted molar refractivity (Wildman–Crippen MR) is 125 cm³/mol. The van der Waals surface area contributed by atoms with E-state index in [1.54, 1.807) is 4.90 Å². The second-order valence-corrected chi connectivity index (χ2v) is 9.92. The molecule has 2 N–H and O–H groups in total. The molecule has 2 heterocycles. The average molecular weight is 454 g/mol. The first-order valence-corrected chi connectivity index (χ1v) is 12.4. The van der Waals surface area contributed by atoms with Crippen LogP contribution in [0.15, 0.2) is 30.5 Å². The van der Waals surface area contributed by atoms with Crippen LogP contribution in [0.2, 0.25) is 0 Å². The van der Waals surface area contributed by atoms with Crippen LogP contribution < -0.4 is 15.4 Å². The van der Waals surface area contributed by atoms with Crippen LogP contribution in [0.3, 0.4) is 0 Å². The van der Waals surface area contributed by atoms with Crippen LogP contribution in [0.4, 0.5) is 0 Å². The minimum atomic E-state index is -0.438. The molecule has 178 valence electrons. The van der Waals surface area contributed by atoms with Gasteiger partial charge in [-0.1, -0.05) is 13.0 Å². The number of nitrogens with zero attached hydrogens (tertiary/aromatic N) is 1. The van der Waals surface area contributed by atoms with Crippen molar-refractivity contribution in [3.63, 3.8) is 0 Å². The van der Waals surface area contributed by atoms with Crippen molar-refractivity contribution in [1.29, 1.82) is 0 Å². The summed E-state index contributed by atoms with van der Waals surface area (Å²) in [7, 11) is 1.81. The third-order valence-corrected chi connectivity index (χ3v) is 7.78. The summed E-state index contributed by atoms with van der Waals surface area (Å²) < 4.78 is 12.2. The van der Waals surface area contributed by atoms with Crippen molar-refractivity contribution >= 4 is 11.8 Å². The SMILES string of the molecule is C=C1CCC(N2Cc3cc(O[C@@H]4CCCC[C@H]4N[C@H]4CCC[C@@H]4OC)ccc3C2=O)C(=O)N1. The van der Waals surface area contributed by atoms with Crippen molar-refractivity contribution in [2.24, 2.45) is 0 Å². The molecule has 3 fully saturated rings. The van der Waals surface area contributed by atoms with E-state index in [1.807, 2.05) is 25.3 Å². The number of methoxy groups -OCH3 is 1. The molecule has 7 heteroatoms. The summed E-state index contributed by atoms with van der Waals surface area (Å²) in [5.41, 5.74) is 2.33. The molecular formula is C26H35N3O4. The molecular weight excluding hydrogens is 418 g/mol.